The number of piperidine rings is 1. The third kappa shape index (κ3) is 5.47. The third-order valence-corrected chi connectivity index (χ3v) is 4.06. The fourth-order valence-electron chi connectivity index (χ4n) is 2.96. The fraction of sp³-hybridized carbons (Fsp3) is 0.929. The summed E-state index contributed by atoms with van der Waals surface area (Å²) in [7, 11) is 0. The van der Waals surface area contributed by atoms with Crippen LogP contribution in [0.25, 0.3) is 0 Å². The topological polar surface area (TPSA) is 53.0 Å². The van der Waals surface area contributed by atoms with E-state index in [4.69, 9.17) is 9.84 Å². The zero-order valence-corrected chi connectivity index (χ0v) is 11.7. The fourth-order valence-corrected chi connectivity index (χ4v) is 2.96. The Morgan fingerprint density at radius 2 is 1.84 bits per heavy atom. The van der Waals surface area contributed by atoms with Gasteiger partial charge >= 0.3 is 5.97 Å². The van der Waals surface area contributed by atoms with Crippen molar-refractivity contribution in [3.8, 4) is 0 Å². The molecule has 2 rings (SSSR count). The molecule has 1 N–H and O–H groups in total. The number of carboxylic acids is 1. The Morgan fingerprint density at radius 3 is 2.58 bits per heavy atom. The number of hydrogen-bond donors (Lipinski definition) is 1. The summed E-state index contributed by atoms with van der Waals surface area (Å²) in [6, 6.07) is 0. The van der Waals surface area contributed by atoms with Crippen molar-refractivity contribution in [2.75, 3.05) is 45.9 Å². The minimum absolute atomic E-state index is 0.237. The largest absolute Gasteiger partial charge is 0.481 e. The van der Waals surface area contributed by atoms with Crippen molar-refractivity contribution >= 4 is 5.97 Å². The van der Waals surface area contributed by atoms with E-state index < -0.39 is 5.97 Å². The number of carboxylic acid groups (broad SMARTS) is 1. The van der Waals surface area contributed by atoms with Gasteiger partial charge in [0.1, 0.15) is 0 Å². The summed E-state index contributed by atoms with van der Waals surface area (Å²) in [4.78, 5) is 15.3. The number of likely N-dealkylation sites (tertiary alicyclic amines) is 2. The molecule has 19 heavy (non-hydrogen) atoms. The molecule has 0 bridgehead atoms. The Hall–Kier alpha value is -0.650. The number of nitrogens with zero attached hydrogens (tertiary/aromatic N) is 2. The van der Waals surface area contributed by atoms with Gasteiger partial charge in [-0.2, -0.15) is 0 Å². The van der Waals surface area contributed by atoms with Gasteiger partial charge in [-0.1, -0.05) is 0 Å². The van der Waals surface area contributed by atoms with Crippen molar-refractivity contribution in [3.05, 3.63) is 0 Å². The normalized spacial score (nSPS) is 25.8. The Balaban J connectivity index is 1.59. The lowest BCUT2D eigenvalue weighted by atomic mass is 10.1. The van der Waals surface area contributed by atoms with E-state index in [9.17, 15) is 4.79 Å². The van der Waals surface area contributed by atoms with E-state index >= 15 is 0 Å². The molecule has 1 unspecified atom stereocenters. The van der Waals surface area contributed by atoms with Crippen LogP contribution in [0.4, 0.5) is 0 Å². The van der Waals surface area contributed by atoms with Crippen molar-refractivity contribution in [2.24, 2.45) is 0 Å². The van der Waals surface area contributed by atoms with Crippen molar-refractivity contribution in [3.63, 3.8) is 0 Å². The molecule has 0 aromatic heterocycles. The number of rotatable bonds is 7. The molecule has 0 radical (unpaired) electrons. The van der Waals surface area contributed by atoms with Crippen molar-refractivity contribution < 1.29 is 14.6 Å². The highest BCUT2D eigenvalue weighted by molar-refractivity contribution is 5.66. The van der Waals surface area contributed by atoms with Gasteiger partial charge in [-0.05, 0) is 45.3 Å². The van der Waals surface area contributed by atoms with Crippen LogP contribution in [0, 0.1) is 0 Å². The monoisotopic (exact) mass is 270 g/mol. The van der Waals surface area contributed by atoms with Crippen LogP contribution < -0.4 is 0 Å². The SMILES string of the molecule is O=C(O)CCN1CCCC(OCCN2CCCC2)C1. The van der Waals surface area contributed by atoms with Crippen molar-refractivity contribution in [2.45, 2.75) is 38.2 Å². The van der Waals surface area contributed by atoms with Crippen LogP contribution in [0.5, 0.6) is 0 Å². The Kier molecular flexibility index (Phi) is 6.07. The molecule has 0 aliphatic carbocycles. The van der Waals surface area contributed by atoms with E-state index in [1.807, 2.05) is 0 Å². The Labute approximate surface area is 115 Å². The lowest BCUT2D eigenvalue weighted by Crippen LogP contribution is -2.41. The maximum absolute atomic E-state index is 10.6. The summed E-state index contributed by atoms with van der Waals surface area (Å²) >= 11 is 0. The molecule has 1 atom stereocenters. The molecule has 2 fully saturated rings. The lowest BCUT2D eigenvalue weighted by molar-refractivity contribution is -0.137. The summed E-state index contributed by atoms with van der Waals surface area (Å²) in [6.45, 7) is 6.87. The van der Waals surface area contributed by atoms with Crippen LogP contribution in [-0.4, -0.2) is 72.9 Å². The number of aliphatic carboxylic acids is 1. The van der Waals surface area contributed by atoms with Crippen LogP contribution in [0.1, 0.15) is 32.1 Å². The highest BCUT2D eigenvalue weighted by atomic mass is 16.5. The summed E-state index contributed by atoms with van der Waals surface area (Å²) in [5, 5.41) is 8.71. The third-order valence-electron chi connectivity index (χ3n) is 4.06. The lowest BCUT2D eigenvalue weighted by Gasteiger charge is -2.32. The highest BCUT2D eigenvalue weighted by Crippen LogP contribution is 2.14. The molecule has 2 aliphatic rings. The smallest absolute Gasteiger partial charge is 0.304 e. The minimum atomic E-state index is -0.711. The maximum atomic E-state index is 10.6. The summed E-state index contributed by atoms with van der Waals surface area (Å²) < 4.78 is 5.95. The first kappa shape index (κ1) is 14.8. The van der Waals surface area contributed by atoms with Gasteiger partial charge in [-0.3, -0.25) is 4.79 Å². The number of hydrogen-bond acceptors (Lipinski definition) is 4. The quantitative estimate of drug-likeness (QED) is 0.749. The van der Waals surface area contributed by atoms with Crippen LogP contribution in [0.15, 0.2) is 0 Å². The first-order valence-electron chi connectivity index (χ1n) is 7.52. The van der Waals surface area contributed by atoms with E-state index in [1.165, 1.54) is 25.9 Å². The summed E-state index contributed by atoms with van der Waals surface area (Å²) in [5.41, 5.74) is 0. The van der Waals surface area contributed by atoms with Gasteiger partial charge in [0, 0.05) is 19.6 Å². The van der Waals surface area contributed by atoms with E-state index in [1.54, 1.807) is 0 Å². The first-order chi connectivity index (χ1) is 9.24. The van der Waals surface area contributed by atoms with Crippen LogP contribution in [-0.2, 0) is 9.53 Å². The van der Waals surface area contributed by atoms with Gasteiger partial charge in [0.2, 0.25) is 0 Å². The van der Waals surface area contributed by atoms with E-state index in [0.29, 0.717) is 12.6 Å². The minimum Gasteiger partial charge on any atom is -0.481 e. The van der Waals surface area contributed by atoms with Crippen molar-refractivity contribution in [1.29, 1.82) is 0 Å². The zero-order valence-electron chi connectivity index (χ0n) is 11.7. The van der Waals surface area contributed by atoms with Crippen molar-refractivity contribution in [1.82, 2.24) is 9.80 Å². The van der Waals surface area contributed by atoms with Crippen LogP contribution in [0.2, 0.25) is 0 Å². The molecule has 2 heterocycles. The average molecular weight is 270 g/mol. The van der Waals surface area contributed by atoms with Crippen LogP contribution >= 0.6 is 0 Å². The maximum Gasteiger partial charge on any atom is 0.304 e. The number of carbonyl (C=O) groups is 1. The second-order valence-corrected chi connectivity index (χ2v) is 5.63. The molecule has 0 spiro atoms. The zero-order chi connectivity index (χ0) is 13.5. The molecule has 5 heteroatoms. The van der Waals surface area contributed by atoms with Gasteiger partial charge in [-0.25, -0.2) is 0 Å². The molecule has 0 saturated carbocycles. The molecule has 0 aromatic carbocycles. The highest BCUT2D eigenvalue weighted by Gasteiger charge is 2.21. The van der Waals surface area contributed by atoms with E-state index in [0.717, 1.165) is 39.1 Å². The van der Waals surface area contributed by atoms with Gasteiger partial charge < -0.3 is 19.6 Å². The standard InChI is InChI=1S/C14H26N2O3/c17-14(18)5-9-16-8-3-4-13(12-16)19-11-10-15-6-1-2-7-15/h13H,1-12H2,(H,17,18). The molecular weight excluding hydrogens is 244 g/mol. The molecule has 2 saturated heterocycles. The van der Waals surface area contributed by atoms with Gasteiger partial charge in [0.25, 0.3) is 0 Å². The van der Waals surface area contributed by atoms with E-state index in [-0.39, 0.29) is 6.42 Å². The summed E-state index contributed by atoms with van der Waals surface area (Å²) in [6.07, 6.45) is 5.42. The second-order valence-electron chi connectivity index (χ2n) is 5.63. The number of ether oxygens (including phenoxy) is 1. The summed E-state index contributed by atoms with van der Waals surface area (Å²) in [5.74, 6) is -0.711. The van der Waals surface area contributed by atoms with Crippen LogP contribution in [0.3, 0.4) is 0 Å². The van der Waals surface area contributed by atoms with Gasteiger partial charge in [0.15, 0.2) is 0 Å². The molecular formula is C14H26N2O3. The molecule has 2 aliphatic heterocycles. The van der Waals surface area contributed by atoms with E-state index in [2.05, 4.69) is 9.80 Å². The molecule has 0 amide bonds. The average Bonchev–Trinajstić information content (AvgIpc) is 2.90. The molecule has 110 valence electrons. The Morgan fingerprint density at radius 1 is 1.11 bits per heavy atom. The van der Waals surface area contributed by atoms with Gasteiger partial charge in [0.05, 0.1) is 19.1 Å². The predicted molar refractivity (Wildman–Crippen MR) is 73.3 cm³/mol. The second kappa shape index (κ2) is 7.82. The molecule has 5 nitrogen and oxygen atoms in total. The predicted octanol–water partition coefficient (Wildman–Crippen LogP) is 1.04. The van der Waals surface area contributed by atoms with Gasteiger partial charge in [-0.15, -0.1) is 0 Å². The molecule has 0 aromatic rings. The first-order valence-corrected chi connectivity index (χ1v) is 7.52. The Bertz CT molecular complexity index is 280.